The molecule has 124 valence electrons. The Morgan fingerprint density at radius 1 is 1.17 bits per heavy atom. The number of hydrogen-bond donors (Lipinski definition) is 0. The molecule has 2 aromatic carbocycles. The SMILES string of the molecule is Cc1ccc(N(C(=O)c2ccccc2)[C@H]2C=CS(=O)(=O)C2)cc1Cl. The molecule has 0 saturated carbocycles. The van der Waals surface area contributed by atoms with Gasteiger partial charge in [0.1, 0.15) is 0 Å². The fourth-order valence-corrected chi connectivity index (χ4v) is 4.07. The summed E-state index contributed by atoms with van der Waals surface area (Å²) in [6.45, 7) is 1.87. The van der Waals surface area contributed by atoms with Crippen LogP contribution >= 0.6 is 11.6 Å². The molecule has 0 aliphatic carbocycles. The van der Waals surface area contributed by atoms with Crippen molar-refractivity contribution in [2.24, 2.45) is 0 Å². The topological polar surface area (TPSA) is 54.5 Å². The third-order valence-corrected chi connectivity index (χ3v) is 5.70. The molecule has 1 atom stereocenters. The molecule has 4 nitrogen and oxygen atoms in total. The van der Waals surface area contributed by atoms with Crippen molar-refractivity contribution in [2.75, 3.05) is 10.7 Å². The van der Waals surface area contributed by atoms with Gasteiger partial charge in [-0.15, -0.1) is 0 Å². The van der Waals surface area contributed by atoms with Gasteiger partial charge in [0, 0.05) is 21.7 Å². The van der Waals surface area contributed by atoms with Gasteiger partial charge in [0.15, 0.2) is 9.84 Å². The van der Waals surface area contributed by atoms with Crippen LogP contribution in [0.25, 0.3) is 0 Å². The normalized spacial score (nSPS) is 18.5. The Morgan fingerprint density at radius 3 is 2.46 bits per heavy atom. The first-order valence-corrected chi connectivity index (χ1v) is 9.52. The number of rotatable bonds is 3. The van der Waals surface area contributed by atoms with Crippen molar-refractivity contribution in [3.8, 4) is 0 Å². The number of carbonyl (C=O) groups excluding carboxylic acids is 1. The lowest BCUT2D eigenvalue weighted by Gasteiger charge is -2.28. The summed E-state index contributed by atoms with van der Waals surface area (Å²) in [5.41, 5.74) is 1.96. The summed E-state index contributed by atoms with van der Waals surface area (Å²) in [5, 5.41) is 1.70. The molecule has 24 heavy (non-hydrogen) atoms. The van der Waals surface area contributed by atoms with E-state index in [0.717, 1.165) is 5.56 Å². The average Bonchev–Trinajstić information content (AvgIpc) is 2.91. The van der Waals surface area contributed by atoms with Gasteiger partial charge >= 0.3 is 0 Å². The molecule has 0 aromatic heterocycles. The molecule has 6 heteroatoms. The standard InChI is InChI=1S/C18H16ClNO3S/c1-13-7-8-15(11-17(13)19)20(16-9-10-24(22,23)12-16)18(21)14-5-3-2-4-6-14/h2-11,16H,12H2,1H3/t16-/m0/s1. The van der Waals surface area contributed by atoms with Crippen LogP contribution < -0.4 is 4.90 Å². The van der Waals surface area contributed by atoms with Crippen molar-refractivity contribution >= 4 is 33.0 Å². The van der Waals surface area contributed by atoms with Crippen molar-refractivity contribution in [3.63, 3.8) is 0 Å². The number of sulfone groups is 1. The first-order chi connectivity index (χ1) is 11.4. The lowest BCUT2D eigenvalue weighted by molar-refractivity contribution is 0.0983. The van der Waals surface area contributed by atoms with Crippen LogP contribution in [0.3, 0.4) is 0 Å². The fourth-order valence-electron chi connectivity index (χ4n) is 2.63. The van der Waals surface area contributed by atoms with E-state index in [-0.39, 0.29) is 11.7 Å². The summed E-state index contributed by atoms with van der Waals surface area (Å²) in [6, 6.07) is 13.5. The highest BCUT2D eigenvalue weighted by Gasteiger charge is 2.32. The number of hydrogen-bond acceptors (Lipinski definition) is 3. The van der Waals surface area contributed by atoms with Crippen molar-refractivity contribution in [3.05, 3.63) is 76.2 Å². The van der Waals surface area contributed by atoms with Gasteiger partial charge in [-0.3, -0.25) is 4.79 Å². The van der Waals surface area contributed by atoms with Gasteiger partial charge in [0.2, 0.25) is 0 Å². The van der Waals surface area contributed by atoms with Gasteiger partial charge in [-0.2, -0.15) is 0 Å². The Balaban J connectivity index is 2.06. The van der Waals surface area contributed by atoms with Crippen LogP contribution in [0.5, 0.6) is 0 Å². The molecule has 3 rings (SSSR count). The molecule has 0 unspecified atom stereocenters. The van der Waals surface area contributed by atoms with Gasteiger partial charge in [0.05, 0.1) is 11.8 Å². The van der Waals surface area contributed by atoms with Crippen LogP contribution in [0.1, 0.15) is 15.9 Å². The number of benzene rings is 2. The molecular weight excluding hydrogens is 346 g/mol. The zero-order chi connectivity index (χ0) is 17.3. The average molecular weight is 362 g/mol. The molecule has 1 amide bonds. The Kier molecular flexibility index (Phi) is 4.47. The molecule has 2 aromatic rings. The molecule has 1 aliphatic heterocycles. The Labute approximate surface area is 146 Å². The highest BCUT2D eigenvalue weighted by atomic mass is 35.5. The van der Waals surface area contributed by atoms with Crippen LogP contribution in [0.2, 0.25) is 5.02 Å². The number of aryl methyl sites for hydroxylation is 1. The van der Waals surface area contributed by atoms with E-state index in [2.05, 4.69) is 0 Å². The van der Waals surface area contributed by atoms with Crippen molar-refractivity contribution < 1.29 is 13.2 Å². The number of carbonyl (C=O) groups is 1. The predicted octanol–water partition coefficient (Wildman–Crippen LogP) is 3.61. The van der Waals surface area contributed by atoms with Crippen LogP contribution in [-0.4, -0.2) is 26.1 Å². The molecule has 0 N–H and O–H groups in total. The van der Waals surface area contributed by atoms with Gasteiger partial charge in [-0.25, -0.2) is 8.42 Å². The third-order valence-electron chi connectivity index (χ3n) is 3.92. The van der Waals surface area contributed by atoms with E-state index < -0.39 is 15.9 Å². The minimum atomic E-state index is -3.29. The number of nitrogens with zero attached hydrogens (tertiary/aromatic N) is 1. The van der Waals surface area contributed by atoms with E-state index in [1.165, 1.54) is 10.3 Å². The second-order valence-corrected chi connectivity index (χ2v) is 8.04. The van der Waals surface area contributed by atoms with Crippen LogP contribution in [-0.2, 0) is 9.84 Å². The van der Waals surface area contributed by atoms with Crippen LogP contribution in [0.15, 0.2) is 60.0 Å². The molecule has 0 saturated heterocycles. The zero-order valence-electron chi connectivity index (χ0n) is 13.0. The van der Waals surface area contributed by atoms with Gasteiger partial charge in [0.25, 0.3) is 5.91 Å². The molecule has 1 aliphatic rings. The van der Waals surface area contributed by atoms with Crippen molar-refractivity contribution in [2.45, 2.75) is 13.0 Å². The summed E-state index contributed by atoms with van der Waals surface area (Å²) >= 11 is 6.20. The predicted molar refractivity (Wildman–Crippen MR) is 96.2 cm³/mol. The fraction of sp³-hybridized carbons (Fsp3) is 0.167. The van der Waals surface area contributed by atoms with Gasteiger partial charge < -0.3 is 4.90 Å². The second-order valence-electron chi connectivity index (χ2n) is 5.70. The first kappa shape index (κ1) is 16.7. The minimum absolute atomic E-state index is 0.128. The summed E-state index contributed by atoms with van der Waals surface area (Å²) in [4.78, 5) is 14.5. The van der Waals surface area contributed by atoms with E-state index in [4.69, 9.17) is 11.6 Å². The largest absolute Gasteiger partial charge is 0.300 e. The lowest BCUT2D eigenvalue weighted by atomic mass is 10.1. The maximum Gasteiger partial charge on any atom is 0.258 e. The molecular formula is C18H16ClNO3S. The van der Waals surface area contributed by atoms with E-state index >= 15 is 0 Å². The number of amides is 1. The first-order valence-electron chi connectivity index (χ1n) is 7.43. The Hall–Kier alpha value is -2.11. The minimum Gasteiger partial charge on any atom is -0.300 e. The van der Waals surface area contributed by atoms with E-state index in [1.807, 2.05) is 19.1 Å². The highest BCUT2D eigenvalue weighted by molar-refractivity contribution is 7.94. The molecule has 0 spiro atoms. The Bertz CT molecular complexity index is 907. The Morgan fingerprint density at radius 2 is 1.88 bits per heavy atom. The van der Waals surface area contributed by atoms with E-state index in [0.29, 0.717) is 16.3 Å². The molecule has 0 bridgehead atoms. The van der Waals surface area contributed by atoms with E-state index in [9.17, 15) is 13.2 Å². The van der Waals surface area contributed by atoms with Gasteiger partial charge in [-0.05, 0) is 42.8 Å². The molecule has 0 fully saturated rings. The van der Waals surface area contributed by atoms with Crippen LogP contribution in [0.4, 0.5) is 5.69 Å². The second kappa shape index (κ2) is 6.42. The summed E-state index contributed by atoms with van der Waals surface area (Å²) in [7, 11) is -3.29. The monoisotopic (exact) mass is 361 g/mol. The summed E-state index contributed by atoms with van der Waals surface area (Å²) < 4.78 is 23.6. The quantitative estimate of drug-likeness (QED) is 0.839. The summed E-state index contributed by atoms with van der Waals surface area (Å²) in [5.74, 6) is -0.390. The molecule has 0 radical (unpaired) electrons. The third kappa shape index (κ3) is 3.37. The maximum absolute atomic E-state index is 13.0. The highest BCUT2D eigenvalue weighted by Crippen LogP contribution is 2.28. The van der Waals surface area contributed by atoms with Crippen molar-refractivity contribution in [1.82, 2.24) is 0 Å². The number of anilines is 1. The summed E-state index contributed by atoms with van der Waals surface area (Å²) in [6.07, 6.45) is 1.55. The van der Waals surface area contributed by atoms with Gasteiger partial charge in [-0.1, -0.05) is 35.9 Å². The van der Waals surface area contributed by atoms with Crippen LogP contribution in [0, 0.1) is 6.92 Å². The van der Waals surface area contributed by atoms with E-state index in [1.54, 1.807) is 42.5 Å². The number of halogens is 1. The lowest BCUT2D eigenvalue weighted by Crippen LogP contribution is -2.41. The maximum atomic E-state index is 13.0. The van der Waals surface area contributed by atoms with Crippen molar-refractivity contribution in [1.29, 1.82) is 0 Å². The smallest absolute Gasteiger partial charge is 0.258 e. The molecule has 1 heterocycles. The zero-order valence-corrected chi connectivity index (χ0v) is 14.6.